The van der Waals surface area contributed by atoms with Gasteiger partial charge in [0.05, 0.1) is 0 Å². The molecular formula is HCaO2P. The molecule has 0 aromatic heterocycles. The van der Waals surface area contributed by atoms with E-state index in [2.05, 4.69) is 0 Å². The van der Waals surface area contributed by atoms with Crippen LogP contribution in [0.5, 0.6) is 0 Å². The standard InChI is InChI=1S/Ca.HO2P/c;1-3-2/h;3H/q+2;-2. The molecule has 0 rings (SSSR count). The van der Waals surface area contributed by atoms with Crippen LogP contribution in [0, 0.1) is 0 Å². The van der Waals surface area contributed by atoms with E-state index < -0.39 is 9.03 Å². The zero-order valence-electron chi connectivity index (χ0n) is 2.02. The Morgan fingerprint density at radius 2 is 1.25 bits per heavy atom. The van der Waals surface area contributed by atoms with Crippen molar-refractivity contribution in [3.05, 3.63) is 0 Å². The second kappa shape index (κ2) is 8.82. The van der Waals surface area contributed by atoms with Crippen molar-refractivity contribution in [2.45, 2.75) is 0 Å². The van der Waals surface area contributed by atoms with E-state index in [1.807, 2.05) is 0 Å². The van der Waals surface area contributed by atoms with Gasteiger partial charge in [-0.15, -0.1) is 0 Å². The maximum atomic E-state index is 8.40. The van der Waals surface area contributed by atoms with E-state index in [4.69, 9.17) is 9.79 Å². The largest absolute Gasteiger partial charge is 2.00 e. The summed E-state index contributed by atoms with van der Waals surface area (Å²) in [5.74, 6) is 0. The van der Waals surface area contributed by atoms with Gasteiger partial charge in [0.1, 0.15) is 0 Å². The van der Waals surface area contributed by atoms with Gasteiger partial charge in [-0.05, 0) is 0 Å². The van der Waals surface area contributed by atoms with Crippen molar-refractivity contribution < 1.29 is 9.79 Å². The first-order valence-electron chi connectivity index (χ1n) is 0.408. The SMILES string of the molecule is [Ca+2].[O-]P[O-]. The molecule has 0 bridgehead atoms. The minimum absolute atomic E-state index is 0. The van der Waals surface area contributed by atoms with Crippen molar-refractivity contribution in [3.8, 4) is 0 Å². The molecule has 0 aliphatic rings. The second-order valence-corrected chi connectivity index (χ2v) is 0.250. The molecule has 0 aliphatic heterocycles. The summed E-state index contributed by atoms with van der Waals surface area (Å²) >= 11 is 0. The molecular weight excluding hydrogens is 103 g/mol. The second-order valence-electron chi connectivity index (χ2n) is 0.0833. The molecule has 0 N–H and O–H groups in total. The Kier molecular flexibility index (Phi) is 20.2. The van der Waals surface area contributed by atoms with Gasteiger partial charge in [-0.2, -0.15) is 0 Å². The third-order valence-electron chi connectivity index (χ3n) is 0. The zero-order valence-corrected chi connectivity index (χ0v) is 5.23. The van der Waals surface area contributed by atoms with Crippen molar-refractivity contribution in [3.63, 3.8) is 0 Å². The van der Waals surface area contributed by atoms with Crippen LogP contribution >= 0.6 is 9.03 Å². The molecule has 0 amide bonds. The van der Waals surface area contributed by atoms with E-state index in [1.54, 1.807) is 0 Å². The predicted molar refractivity (Wildman–Crippen MR) is 14.1 cm³/mol. The molecule has 0 aromatic rings. The third-order valence-corrected chi connectivity index (χ3v) is 0. The van der Waals surface area contributed by atoms with Crippen molar-refractivity contribution in [1.82, 2.24) is 0 Å². The van der Waals surface area contributed by atoms with Crippen LogP contribution < -0.4 is 9.79 Å². The maximum Gasteiger partial charge on any atom is 2.00 e. The Labute approximate surface area is 56.2 Å². The van der Waals surface area contributed by atoms with Crippen LogP contribution in [0.15, 0.2) is 0 Å². The molecule has 0 radical (unpaired) electrons. The third kappa shape index (κ3) is 9.49. The van der Waals surface area contributed by atoms with Crippen LogP contribution in [0.2, 0.25) is 0 Å². The first-order chi connectivity index (χ1) is 1.41. The van der Waals surface area contributed by atoms with E-state index in [9.17, 15) is 0 Å². The summed E-state index contributed by atoms with van der Waals surface area (Å²) < 4.78 is 0. The summed E-state index contributed by atoms with van der Waals surface area (Å²) in [6, 6.07) is 0. The molecule has 0 heterocycles. The molecule has 0 aromatic carbocycles. The van der Waals surface area contributed by atoms with E-state index in [0.717, 1.165) is 0 Å². The van der Waals surface area contributed by atoms with Crippen molar-refractivity contribution in [2.24, 2.45) is 0 Å². The van der Waals surface area contributed by atoms with Crippen molar-refractivity contribution >= 4 is 46.8 Å². The van der Waals surface area contributed by atoms with Gasteiger partial charge in [-0.25, -0.2) is 0 Å². The fourth-order valence-corrected chi connectivity index (χ4v) is 0. The van der Waals surface area contributed by atoms with Crippen LogP contribution in [0.1, 0.15) is 0 Å². The predicted octanol–water partition coefficient (Wildman–Crippen LogP) is -2.17. The van der Waals surface area contributed by atoms with Gasteiger partial charge in [-0.1, -0.05) is 0 Å². The first-order valence-corrected chi connectivity index (χ1v) is 1.22. The molecule has 0 atom stereocenters. The van der Waals surface area contributed by atoms with E-state index in [0.29, 0.717) is 0 Å². The Morgan fingerprint density at radius 1 is 1.25 bits per heavy atom. The Balaban J connectivity index is 0. The minimum atomic E-state index is -1.42. The Morgan fingerprint density at radius 3 is 1.25 bits per heavy atom. The molecule has 0 spiro atoms. The Hall–Kier alpha value is 1.61. The van der Waals surface area contributed by atoms with Gasteiger partial charge in [-0.3, -0.25) is 0 Å². The zero-order chi connectivity index (χ0) is 2.71. The molecule has 20 valence electrons. The molecule has 0 fully saturated rings. The van der Waals surface area contributed by atoms with E-state index in [1.165, 1.54) is 0 Å². The molecule has 4 heavy (non-hydrogen) atoms. The van der Waals surface area contributed by atoms with Crippen LogP contribution in [0.25, 0.3) is 0 Å². The molecule has 2 nitrogen and oxygen atoms in total. The van der Waals surface area contributed by atoms with Crippen LogP contribution in [0.3, 0.4) is 0 Å². The average Bonchev–Trinajstić information content (AvgIpc) is 0.918. The minimum Gasteiger partial charge on any atom is -0.844 e. The van der Waals surface area contributed by atoms with Crippen molar-refractivity contribution in [2.75, 3.05) is 0 Å². The van der Waals surface area contributed by atoms with Gasteiger partial charge < -0.3 is 18.8 Å². The summed E-state index contributed by atoms with van der Waals surface area (Å²) in [7, 11) is -1.42. The maximum absolute atomic E-state index is 8.40. The fourth-order valence-electron chi connectivity index (χ4n) is 0. The van der Waals surface area contributed by atoms with Crippen LogP contribution in [-0.4, -0.2) is 37.7 Å². The van der Waals surface area contributed by atoms with E-state index >= 15 is 0 Å². The summed E-state index contributed by atoms with van der Waals surface area (Å²) in [4.78, 5) is 16.8. The van der Waals surface area contributed by atoms with Gasteiger partial charge >= 0.3 is 37.7 Å². The van der Waals surface area contributed by atoms with Gasteiger partial charge in [0, 0.05) is 0 Å². The first kappa shape index (κ1) is 9.15. The number of rotatable bonds is 0. The van der Waals surface area contributed by atoms with Gasteiger partial charge in [0.15, 0.2) is 0 Å². The molecule has 4 heteroatoms. The molecule has 0 saturated carbocycles. The van der Waals surface area contributed by atoms with Gasteiger partial charge in [0.25, 0.3) is 0 Å². The normalized spacial score (nSPS) is 4.50. The summed E-state index contributed by atoms with van der Waals surface area (Å²) in [6.07, 6.45) is 0. The molecule has 0 aliphatic carbocycles. The van der Waals surface area contributed by atoms with Crippen LogP contribution in [-0.2, 0) is 0 Å². The smallest absolute Gasteiger partial charge is 0.844 e. The molecule has 0 unspecified atom stereocenters. The quantitative estimate of drug-likeness (QED) is 0.259. The monoisotopic (exact) mass is 104 g/mol. The summed E-state index contributed by atoms with van der Waals surface area (Å²) in [5, 5.41) is 0. The molecule has 0 saturated heterocycles. The van der Waals surface area contributed by atoms with Crippen LogP contribution in [0.4, 0.5) is 0 Å². The summed E-state index contributed by atoms with van der Waals surface area (Å²) in [6.45, 7) is 0. The van der Waals surface area contributed by atoms with Gasteiger partial charge in [0.2, 0.25) is 0 Å². The summed E-state index contributed by atoms with van der Waals surface area (Å²) in [5.41, 5.74) is 0. The van der Waals surface area contributed by atoms with Crippen molar-refractivity contribution in [1.29, 1.82) is 0 Å². The number of hydrogen-bond acceptors (Lipinski definition) is 2. The average molecular weight is 104 g/mol. The number of hydrogen-bond donors (Lipinski definition) is 0. The van der Waals surface area contributed by atoms with E-state index in [-0.39, 0.29) is 37.7 Å². The topological polar surface area (TPSA) is 46.1 Å². The fraction of sp³-hybridized carbons (Fsp3) is 0. The Bertz CT molecular complexity index is 6.00.